The number of rotatable bonds is 9. The molecule has 0 saturated carbocycles. The molecular formula is C18H27N5O3. The van der Waals surface area contributed by atoms with Gasteiger partial charge in [0.15, 0.2) is 0 Å². The second-order valence-electron chi connectivity index (χ2n) is 6.59. The van der Waals surface area contributed by atoms with E-state index in [1.165, 1.54) is 0 Å². The zero-order chi connectivity index (χ0) is 18.0. The molecule has 8 nitrogen and oxygen atoms in total. The monoisotopic (exact) mass is 361 g/mol. The van der Waals surface area contributed by atoms with E-state index in [0.29, 0.717) is 24.8 Å². The van der Waals surface area contributed by atoms with Gasteiger partial charge in [0.2, 0.25) is 11.8 Å². The van der Waals surface area contributed by atoms with Crippen LogP contribution >= 0.6 is 0 Å². The van der Waals surface area contributed by atoms with Crippen LogP contribution in [0, 0.1) is 11.3 Å². The van der Waals surface area contributed by atoms with E-state index in [9.17, 15) is 0 Å². The highest BCUT2D eigenvalue weighted by molar-refractivity contribution is 5.13. The summed E-state index contributed by atoms with van der Waals surface area (Å²) in [4.78, 5) is 13.2. The van der Waals surface area contributed by atoms with E-state index in [2.05, 4.69) is 25.8 Å². The zero-order valence-electron chi connectivity index (χ0n) is 15.2. The van der Waals surface area contributed by atoms with Gasteiger partial charge in [-0.15, -0.1) is 0 Å². The van der Waals surface area contributed by atoms with Gasteiger partial charge in [-0.05, 0) is 19.4 Å². The van der Waals surface area contributed by atoms with Gasteiger partial charge < -0.3 is 14.2 Å². The van der Waals surface area contributed by atoms with Gasteiger partial charge in [0.1, 0.15) is 12.7 Å². The van der Waals surface area contributed by atoms with Crippen LogP contribution in [0.4, 0.5) is 0 Å². The summed E-state index contributed by atoms with van der Waals surface area (Å²) in [5, 5.41) is 8.62. The first kappa shape index (κ1) is 18.8. The average Bonchev–Trinajstić information content (AvgIpc) is 3.10. The molecule has 0 aliphatic carbocycles. The van der Waals surface area contributed by atoms with Gasteiger partial charge in [0, 0.05) is 39.1 Å². The first-order chi connectivity index (χ1) is 12.8. The topological polar surface area (TPSA) is 83.7 Å². The highest BCUT2D eigenvalue weighted by Gasteiger charge is 2.24. The number of morpholine rings is 1. The van der Waals surface area contributed by atoms with Gasteiger partial charge in [0.05, 0.1) is 31.7 Å². The van der Waals surface area contributed by atoms with Gasteiger partial charge in [-0.1, -0.05) is 0 Å². The summed E-state index contributed by atoms with van der Waals surface area (Å²) in [5.74, 6) is 1.01. The SMILES string of the molecule is N#CCCCN1CCC(Oc2cncc(OCCN3CCOCC3)n2)C1. The number of nitrogens with zero attached hydrogens (tertiary/aromatic N) is 5. The number of likely N-dealkylation sites (tertiary alicyclic amines) is 1. The fourth-order valence-electron chi connectivity index (χ4n) is 3.21. The number of hydrogen-bond donors (Lipinski definition) is 0. The minimum atomic E-state index is 0.120. The first-order valence-corrected chi connectivity index (χ1v) is 9.34. The van der Waals surface area contributed by atoms with E-state index in [-0.39, 0.29) is 6.10 Å². The fraction of sp³-hybridized carbons (Fsp3) is 0.722. The van der Waals surface area contributed by atoms with Crippen molar-refractivity contribution in [2.24, 2.45) is 0 Å². The van der Waals surface area contributed by atoms with Crippen LogP contribution in [0.2, 0.25) is 0 Å². The number of aromatic nitrogens is 2. The highest BCUT2D eigenvalue weighted by Crippen LogP contribution is 2.18. The van der Waals surface area contributed by atoms with E-state index >= 15 is 0 Å². The number of hydrogen-bond acceptors (Lipinski definition) is 8. The molecule has 3 heterocycles. The van der Waals surface area contributed by atoms with Crippen LogP contribution < -0.4 is 9.47 Å². The number of ether oxygens (including phenoxy) is 3. The molecule has 8 heteroatoms. The third-order valence-corrected chi connectivity index (χ3v) is 4.63. The largest absolute Gasteiger partial charge is 0.475 e. The summed E-state index contributed by atoms with van der Waals surface area (Å²) in [6.07, 6.45) is 5.86. The second-order valence-corrected chi connectivity index (χ2v) is 6.59. The third-order valence-electron chi connectivity index (χ3n) is 4.63. The molecule has 0 radical (unpaired) electrons. The molecule has 2 aliphatic heterocycles. The van der Waals surface area contributed by atoms with Crippen LogP contribution in [0.15, 0.2) is 12.4 Å². The standard InChI is InChI=1S/C18H27N5O3/c19-4-1-2-5-23-6-3-16(15-23)26-18-14-20-13-17(21-18)25-12-9-22-7-10-24-11-8-22/h13-14,16H,1-3,5-12,15H2. The molecule has 1 aromatic heterocycles. The van der Waals surface area contributed by atoms with Crippen LogP contribution in [0.25, 0.3) is 0 Å². The van der Waals surface area contributed by atoms with Crippen molar-refractivity contribution in [1.82, 2.24) is 19.8 Å². The molecule has 0 N–H and O–H groups in total. The maximum atomic E-state index is 8.62. The van der Waals surface area contributed by atoms with Crippen molar-refractivity contribution in [3.05, 3.63) is 12.4 Å². The molecule has 3 rings (SSSR count). The Morgan fingerprint density at radius 3 is 2.85 bits per heavy atom. The molecule has 2 saturated heterocycles. The van der Waals surface area contributed by atoms with Gasteiger partial charge in [-0.3, -0.25) is 14.8 Å². The Hall–Kier alpha value is -1.95. The van der Waals surface area contributed by atoms with Crippen LogP contribution in [-0.2, 0) is 4.74 Å². The summed E-state index contributed by atoms with van der Waals surface area (Å²) >= 11 is 0. The van der Waals surface area contributed by atoms with Crippen molar-refractivity contribution in [1.29, 1.82) is 5.26 Å². The lowest BCUT2D eigenvalue weighted by atomic mass is 10.3. The lowest BCUT2D eigenvalue weighted by Crippen LogP contribution is -2.38. The fourth-order valence-corrected chi connectivity index (χ4v) is 3.21. The van der Waals surface area contributed by atoms with E-state index in [1.54, 1.807) is 12.4 Å². The third kappa shape index (κ3) is 6.09. The molecule has 142 valence electrons. The Bertz CT molecular complexity index is 588. The van der Waals surface area contributed by atoms with Crippen LogP contribution in [0.3, 0.4) is 0 Å². The van der Waals surface area contributed by atoms with Crippen molar-refractivity contribution in [3.8, 4) is 17.8 Å². The Labute approximate surface area is 154 Å². The second kappa shape index (κ2) is 10.3. The molecule has 0 spiro atoms. The molecule has 26 heavy (non-hydrogen) atoms. The Morgan fingerprint density at radius 2 is 2.00 bits per heavy atom. The van der Waals surface area contributed by atoms with Crippen molar-refractivity contribution in [3.63, 3.8) is 0 Å². The first-order valence-electron chi connectivity index (χ1n) is 9.34. The zero-order valence-corrected chi connectivity index (χ0v) is 15.2. The Kier molecular flexibility index (Phi) is 7.43. The van der Waals surface area contributed by atoms with E-state index < -0.39 is 0 Å². The summed E-state index contributed by atoms with van der Waals surface area (Å²) in [7, 11) is 0. The molecule has 2 fully saturated rings. The van der Waals surface area contributed by atoms with Crippen molar-refractivity contribution >= 4 is 0 Å². The number of nitriles is 1. The smallest absolute Gasteiger partial charge is 0.235 e. The molecule has 1 aromatic rings. The maximum Gasteiger partial charge on any atom is 0.235 e. The Balaban J connectivity index is 1.39. The highest BCUT2D eigenvalue weighted by atomic mass is 16.5. The summed E-state index contributed by atoms with van der Waals surface area (Å²) in [5.41, 5.74) is 0. The minimum absolute atomic E-state index is 0.120. The van der Waals surface area contributed by atoms with Crippen LogP contribution in [-0.4, -0.2) is 85.0 Å². The quantitative estimate of drug-likeness (QED) is 0.601. The molecule has 1 atom stereocenters. The summed E-state index contributed by atoms with van der Waals surface area (Å²) in [6, 6.07) is 2.19. The van der Waals surface area contributed by atoms with Gasteiger partial charge >= 0.3 is 0 Å². The van der Waals surface area contributed by atoms with Gasteiger partial charge in [0.25, 0.3) is 0 Å². The molecule has 1 unspecified atom stereocenters. The van der Waals surface area contributed by atoms with E-state index in [1.807, 2.05) is 0 Å². The lowest BCUT2D eigenvalue weighted by molar-refractivity contribution is 0.0319. The predicted molar refractivity (Wildman–Crippen MR) is 95.1 cm³/mol. The molecule has 0 aromatic carbocycles. The average molecular weight is 361 g/mol. The molecule has 2 aliphatic rings. The number of unbranched alkanes of at least 4 members (excludes halogenated alkanes) is 1. The normalized spacial score (nSPS) is 21.4. The van der Waals surface area contributed by atoms with Gasteiger partial charge in [-0.2, -0.15) is 10.2 Å². The minimum Gasteiger partial charge on any atom is -0.475 e. The van der Waals surface area contributed by atoms with Crippen molar-refractivity contribution in [2.75, 3.05) is 59.1 Å². The Morgan fingerprint density at radius 1 is 1.15 bits per heavy atom. The molecule has 0 amide bonds. The van der Waals surface area contributed by atoms with Crippen LogP contribution in [0.5, 0.6) is 11.8 Å². The van der Waals surface area contributed by atoms with Crippen molar-refractivity contribution in [2.45, 2.75) is 25.4 Å². The lowest BCUT2D eigenvalue weighted by Gasteiger charge is -2.26. The molecular weight excluding hydrogens is 334 g/mol. The predicted octanol–water partition coefficient (Wildman–Crippen LogP) is 0.944. The van der Waals surface area contributed by atoms with Gasteiger partial charge in [-0.25, -0.2) is 0 Å². The van der Waals surface area contributed by atoms with E-state index in [0.717, 1.165) is 65.3 Å². The van der Waals surface area contributed by atoms with E-state index in [4.69, 9.17) is 19.5 Å². The molecule has 0 bridgehead atoms. The summed E-state index contributed by atoms with van der Waals surface area (Å²) < 4.78 is 17.0. The summed E-state index contributed by atoms with van der Waals surface area (Å²) in [6.45, 7) is 7.73. The van der Waals surface area contributed by atoms with Crippen molar-refractivity contribution < 1.29 is 14.2 Å². The van der Waals surface area contributed by atoms with Crippen LogP contribution in [0.1, 0.15) is 19.3 Å². The maximum absolute atomic E-state index is 8.62.